The molecule has 0 saturated carbocycles. The molecule has 0 amide bonds. The summed E-state index contributed by atoms with van der Waals surface area (Å²) in [6, 6.07) is 8.81. The second-order valence-corrected chi connectivity index (χ2v) is 5.18. The van der Waals surface area contributed by atoms with Gasteiger partial charge in [-0.2, -0.15) is 0 Å². The largest absolute Gasteiger partial charge is 0.489 e. The number of benzene rings is 1. The number of hydrogen-bond donors (Lipinski definition) is 0. The van der Waals surface area contributed by atoms with Crippen molar-refractivity contribution in [2.45, 2.75) is 25.6 Å². The Morgan fingerprint density at radius 3 is 2.88 bits per heavy atom. The summed E-state index contributed by atoms with van der Waals surface area (Å²) in [5.41, 5.74) is 1.30. The van der Waals surface area contributed by atoms with E-state index in [1.807, 2.05) is 6.07 Å². The zero-order chi connectivity index (χ0) is 11.3. The van der Waals surface area contributed by atoms with Gasteiger partial charge in [0.1, 0.15) is 12.4 Å². The van der Waals surface area contributed by atoms with Gasteiger partial charge in [0.15, 0.2) is 0 Å². The molecule has 2 aliphatic heterocycles. The molecular formula is C13H18N2O. The Kier molecular flexibility index (Phi) is 1.96. The van der Waals surface area contributed by atoms with E-state index in [1.165, 1.54) is 5.69 Å². The average molecular weight is 218 g/mol. The summed E-state index contributed by atoms with van der Waals surface area (Å²) < 4.78 is 5.81. The van der Waals surface area contributed by atoms with Gasteiger partial charge in [-0.3, -0.25) is 4.90 Å². The summed E-state index contributed by atoms with van der Waals surface area (Å²) >= 11 is 0. The molecule has 3 rings (SSSR count). The Morgan fingerprint density at radius 2 is 2.06 bits per heavy atom. The van der Waals surface area contributed by atoms with Crippen LogP contribution in [0.15, 0.2) is 24.3 Å². The molecule has 0 N–H and O–H groups in total. The molecule has 0 radical (unpaired) electrons. The Balaban J connectivity index is 2.10. The number of likely N-dealkylation sites (N-methyl/N-ethyl adjacent to an activating group) is 1. The zero-order valence-corrected chi connectivity index (χ0v) is 10.1. The molecule has 0 spiro atoms. The lowest BCUT2D eigenvalue weighted by Crippen LogP contribution is -2.51. The number of ether oxygens (including phenoxy) is 1. The highest BCUT2D eigenvalue weighted by Crippen LogP contribution is 2.42. The van der Waals surface area contributed by atoms with E-state index >= 15 is 0 Å². The van der Waals surface area contributed by atoms with Crippen molar-refractivity contribution < 1.29 is 4.74 Å². The monoisotopic (exact) mass is 218 g/mol. The van der Waals surface area contributed by atoms with Gasteiger partial charge in [0, 0.05) is 6.54 Å². The molecule has 16 heavy (non-hydrogen) atoms. The van der Waals surface area contributed by atoms with Gasteiger partial charge in [0.25, 0.3) is 0 Å². The van der Waals surface area contributed by atoms with Crippen molar-refractivity contribution in [1.29, 1.82) is 0 Å². The van der Waals surface area contributed by atoms with E-state index in [0.29, 0.717) is 6.04 Å². The van der Waals surface area contributed by atoms with Gasteiger partial charge in [0.05, 0.1) is 17.4 Å². The number of anilines is 1. The summed E-state index contributed by atoms with van der Waals surface area (Å²) in [6.07, 6.45) is 0. The predicted octanol–water partition coefficient (Wildman–Crippen LogP) is 1.94. The van der Waals surface area contributed by atoms with Crippen molar-refractivity contribution in [1.82, 2.24) is 4.90 Å². The van der Waals surface area contributed by atoms with Gasteiger partial charge in [-0.05, 0) is 33.0 Å². The maximum absolute atomic E-state index is 5.81. The van der Waals surface area contributed by atoms with Gasteiger partial charge >= 0.3 is 0 Å². The molecule has 2 aliphatic rings. The highest BCUT2D eigenvalue weighted by molar-refractivity contribution is 5.63. The van der Waals surface area contributed by atoms with Crippen LogP contribution in [-0.4, -0.2) is 36.8 Å². The Hall–Kier alpha value is -1.22. The van der Waals surface area contributed by atoms with E-state index in [9.17, 15) is 0 Å². The van der Waals surface area contributed by atoms with E-state index in [4.69, 9.17) is 4.74 Å². The third kappa shape index (κ3) is 1.18. The fourth-order valence-corrected chi connectivity index (χ4v) is 2.83. The second kappa shape index (κ2) is 3.14. The van der Waals surface area contributed by atoms with Crippen molar-refractivity contribution in [2.75, 3.05) is 25.1 Å². The molecule has 0 bridgehead atoms. The van der Waals surface area contributed by atoms with Crippen molar-refractivity contribution in [3.8, 4) is 5.75 Å². The highest BCUT2D eigenvalue weighted by atomic mass is 16.5. The van der Waals surface area contributed by atoms with Gasteiger partial charge in [-0.15, -0.1) is 0 Å². The smallest absolute Gasteiger partial charge is 0.142 e. The first-order chi connectivity index (χ1) is 7.60. The first-order valence-electron chi connectivity index (χ1n) is 5.83. The minimum atomic E-state index is 0.0740. The maximum Gasteiger partial charge on any atom is 0.142 e. The first-order valence-corrected chi connectivity index (χ1v) is 5.83. The number of fused-ring (bicyclic) bond motifs is 3. The van der Waals surface area contributed by atoms with E-state index < -0.39 is 0 Å². The normalized spacial score (nSPS) is 27.2. The molecule has 0 aromatic heterocycles. The minimum absolute atomic E-state index is 0.0740. The third-order valence-electron chi connectivity index (χ3n) is 3.93. The average Bonchev–Trinajstić information content (AvgIpc) is 2.50. The van der Waals surface area contributed by atoms with Gasteiger partial charge in [-0.1, -0.05) is 12.1 Å². The number of para-hydroxylation sites is 2. The molecule has 1 fully saturated rings. The zero-order valence-electron chi connectivity index (χ0n) is 10.1. The van der Waals surface area contributed by atoms with E-state index in [2.05, 4.69) is 48.9 Å². The lowest BCUT2D eigenvalue weighted by molar-refractivity contribution is 0.219. The first kappa shape index (κ1) is 9.97. The highest BCUT2D eigenvalue weighted by Gasteiger charge is 2.46. The van der Waals surface area contributed by atoms with Crippen LogP contribution in [0, 0.1) is 0 Å². The van der Waals surface area contributed by atoms with Crippen LogP contribution < -0.4 is 9.64 Å². The molecule has 2 heterocycles. The number of hydrogen-bond acceptors (Lipinski definition) is 3. The summed E-state index contributed by atoms with van der Waals surface area (Å²) in [5.74, 6) is 1.02. The molecule has 3 nitrogen and oxygen atoms in total. The molecule has 1 atom stereocenters. The molecule has 1 saturated heterocycles. The predicted molar refractivity (Wildman–Crippen MR) is 64.9 cm³/mol. The van der Waals surface area contributed by atoms with Crippen LogP contribution in [0.3, 0.4) is 0 Å². The van der Waals surface area contributed by atoms with Crippen LogP contribution in [0.1, 0.15) is 13.8 Å². The Bertz CT molecular complexity index is 416. The van der Waals surface area contributed by atoms with Crippen LogP contribution in [0.4, 0.5) is 5.69 Å². The van der Waals surface area contributed by atoms with E-state index in [0.717, 1.165) is 18.9 Å². The van der Waals surface area contributed by atoms with Crippen LogP contribution >= 0.6 is 0 Å². The van der Waals surface area contributed by atoms with Crippen LogP contribution in [0.5, 0.6) is 5.75 Å². The van der Waals surface area contributed by atoms with Crippen molar-refractivity contribution in [3.05, 3.63) is 24.3 Å². The second-order valence-electron chi connectivity index (χ2n) is 5.18. The van der Waals surface area contributed by atoms with Crippen LogP contribution in [0.25, 0.3) is 0 Å². The molecule has 3 heteroatoms. The van der Waals surface area contributed by atoms with Crippen molar-refractivity contribution in [2.24, 2.45) is 0 Å². The fourth-order valence-electron chi connectivity index (χ4n) is 2.83. The summed E-state index contributed by atoms with van der Waals surface area (Å²) in [7, 11) is 2.18. The summed E-state index contributed by atoms with van der Waals surface area (Å²) in [4.78, 5) is 4.88. The quantitative estimate of drug-likeness (QED) is 0.662. The lowest BCUT2D eigenvalue weighted by Gasteiger charge is -2.42. The number of nitrogens with zero attached hydrogens (tertiary/aromatic N) is 2. The topological polar surface area (TPSA) is 15.7 Å². The van der Waals surface area contributed by atoms with E-state index in [-0.39, 0.29) is 5.66 Å². The number of rotatable bonds is 0. The third-order valence-corrected chi connectivity index (χ3v) is 3.93. The maximum atomic E-state index is 5.81. The fraction of sp³-hybridized carbons (Fsp3) is 0.538. The molecule has 0 aliphatic carbocycles. The molecule has 1 aromatic carbocycles. The Labute approximate surface area is 96.6 Å². The lowest BCUT2D eigenvalue weighted by atomic mass is 10.1. The molecule has 1 aromatic rings. The minimum Gasteiger partial charge on any atom is -0.489 e. The van der Waals surface area contributed by atoms with Gasteiger partial charge in [-0.25, -0.2) is 0 Å². The van der Waals surface area contributed by atoms with Crippen molar-refractivity contribution >= 4 is 5.69 Å². The van der Waals surface area contributed by atoms with Crippen molar-refractivity contribution in [3.63, 3.8) is 0 Å². The van der Waals surface area contributed by atoms with Crippen LogP contribution in [-0.2, 0) is 0 Å². The van der Waals surface area contributed by atoms with Gasteiger partial charge < -0.3 is 9.64 Å². The molecule has 1 unspecified atom stereocenters. The van der Waals surface area contributed by atoms with Gasteiger partial charge in [0.2, 0.25) is 0 Å². The molecule has 86 valence electrons. The SMILES string of the molecule is CN1CC2COc3ccccc3N2C1(C)C. The molecular weight excluding hydrogens is 200 g/mol. The van der Waals surface area contributed by atoms with E-state index in [1.54, 1.807) is 0 Å². The summed E-state index contributed by atoms with van der Waals surface area (Å²) in [6.45, 7) is 6.41. The summed E-state index contributed by atoms with van der Waals surface area (Å²) in [5, 5.41) is 0. The Morgan fingerprint density at radius 1 is 1.31 bits per heavy atom. The standard InChI is InChI=1S/C13H18N2O/c1-13(2)14(3)8-10-9-16-12-7-5-4-6-11(12)15(10)13/h4-7,10H,8-9H2,1-3H3. The van der Waals surface area contributed by atoms with Crippen LogP contribution in [0.2, 0.25) is 0 Å².